The molecule has 3 N–H and O–H groups in total. The third-order valence-corrected chi connectivity index (χ3v) is 2.05. The van der Waals surface area contributed by atoms with Gasteiger partial charge in [-0.15, -0.1) is 0 Å². The van der Waals surface area contributed by atoms with Gasteiger partial charge in [0.15, 0.2) is 0 Å². The van der Waals surface area contributed by atoms with Crippen molar-refractivity contribution in [3.8, 4) is 5.75 Å². The first-order valence-electron chi connectivity index (χ1n) is 4.27. The van der Waals surface area contributed by atoms with E-state index in [1.54, 1.807) is 0 Å². The summed E-state index contributed by atoms with van der Waals surface area (Å²) in [5, 5.41) is 8.42. The molecule has 1 amide bonds. The molecule has 1 heterocycles. The molecule has 1 aliphatic heterocycles. The Kier molecular flexibility index (Phi) is 2.14. The highest BCUT2D eigenvalue weighted by Gasteiger charge is 2.15. The molecule has 0 saturated heterocycles. The Labute approximate surface area is 80.7 Å². The number of rotatable bonds is 2. The lowest BCUT2D eigenvalue weighted by molar-refractivity contribution is 0.197. The highest BCUT2D eigenvalue weighted by molar-refractivity contribution is 5.68. The molecule has 1 aliphatic rings. The van der Waals surface area contributed by atoms with E-state index < -0.39 is 6.09 Å². The Hall–Kier alpha value is -1.91. The van der Waals surface area contributed by atoms with E-state index in [4.69, 9.17) is 9.84 Å². The van der Waals surface area contributed by atoms with Gasteiger partial charge in [0.05, 0.1) is 12.3 Å². The Morgan fingerprint density at radius 2 is 2.36 bits per heavy atom. The fraction of sp³-hybridized carbons (Fsp3) is 0.222. The van der Waals surface area contributed by atoms with Gasteiger partial charge in [-0.3, -0.25) is 5.43 Å². The van der Waals surface area contributed by atoms with Crippen molar-refractivity contribution in [3.05, 3.63) is 23.8 Å². The largest absolute Gasteiger partial charge is 0.493 e. The first kappa shape index (κ1) is 8.68. The lowest BCUT2D eigenvalue weighted by atomic mass is 10.1. The average molecular weight is 194 g/mol. The first-order chi connectivity index (χ1) is 6.77. The van der Waals surface area contributed by atoms with Crippen LogP contribution >= 0.6 is 0 Å². The third-order valence-electron chi connectivity index (χ3n) is 2.05. The summed E-state index contributed by atoms with van der Waals surface area (Å²) < 4.78 is 5.33. The van der Waals surface area contributed by atoms with Crippen molar-refractivity contribution < 1.29 is 14.6 Å². The zero-order chi connectivity index (χ0) is 9.97. The normalized spacial score (nSPS) is 12.9. The minimum atomic E-state index is -1.11. The molecule has 0 spiro atoms. The Bertz CT molecular complexity index is 365. The van der Waals surface area contributed by atoms with E-state index in [9.17, 15) is 4.79 Å². The minimum absolute atomic E-state index is 0.654. The maximum Gasteiger partial charge on any atom is 0.423 e. The van der Waals surface area contributed by atoms with Crippen LogP contribution in [0.15, 0.2) is 18.2 Å². The van der Waals surface area contributed by atoms with Crippen LogP contribution in [0.2, 0.25) is 0 Å². The smallest absolute Gasteiger partial charge is 0.423 e. The summed E-state index contributed by atoms with van der Waals surface area (Å²) in [4.78, 5) is 10.3. The van der Waals surface area contributed by atoms with Crippen molar-refractivity contribution in [2.75, 3.05) is 12.0 Å². The van der Waals surface area contributed by atoms with Crippen molar-refractivity contribution in [2.24, 2.45) is 0 Å². The summed E-state index contributed by atoms with van der Waals surface area (Å²) in [5.74, 6) is 0.821. The van der Waals surface area contributed by atoms with Crippen LogP contribution in [0.1, 0.15) is 5.56 Å². The third kappa shape index (κ3) is 1.56. The molecule has 1 aromatic rings. The maximum atomic E-state index is 10.3. The number of amides is 1. The quantitative estimate of drug-likeness (QED) is 0.619. The molecule has 0 atom stereocenters. The molecule has 1 aromatic carbocycles. The van der Waals surface area contributed by atoms with Crippen molar-refractivity contribution in [1.82, 2.24) is 5.43 Å². The number of hydrogen-bond acceptors (Lipinski definition) is 3. The number of ether oxygens (including phenoxy) is 1. The Balaban J connectivity index is 2.17. The molecule has 5 nitrogen and oxygen atoms in total. The second-order valence-electron chi connectivity index (χ2n) is 2.94. The standard InChI is InChI=1S/C9H10N2O3/c12-9(13)11-10-7-2-1-3-8-6(7)4-5-14-8/h1-3,10-11H,4-5H2,(H,12,13). The number of hydrazine groups is 1. The first-order valence-corrected chi connectivity index (χ1v) is 4.27. The maximum absolute atomic E-state index is 10.3. The van der Waals surface area contributed by atoms with E-state index >= 15 is 0 Å². The number of fused-ring (bicyclic) bond motifs is 1. The summed E-state index contributed by atoms with van der Waals surface area (Å²) in [5.41, 5.74) is 6.48. The predicted octanol–water partition coefficient (Wildman–Crippen LogP) is 1.22. The molecule has 0 fully saturated rings. The van der Waals surface area contributed by atoms with Gasteiger partial charge in [0.25, 0.3) is 0 Å². The molecule has 74 valence electrons. The van der Waals surface area contributed by atoms with Crippen LogP contribution in [-0.2, 0) is 6.42 Å². The van der Waals surface area contributed by atoms with Crippen molar-refractivity contribution in [3.63, 3.8) is 0 Å². The van der Waals surface area contributed by atoms with E-state index in [1.165, 1.54) is 0 Å². The van der Waals surface area contributed by atoms with Crippen LogP contribution in [0.4, 0.5) is 10.5 Å². The SMILES string of the molecule is O=C(O)NNc1cccc2c1CCO2. The summed E-state index contributed by atoms with van der Waals surface area (Å²) >= 11 is 0. The van der Waals surface area contributed by atoms with Crippen LogP contribution in [0.25, 0.3) is 0 Å². The molecule has 0 unspecified atom stereocenters. The molecule has 0 radical (unpaired) electrons. The number of carbonyl (C=O) groups is 1. The number of benzene rings is 1. The van der Waals surface area contributed by atoms with Gasteiger partial charge >= 0.3 is 6.09 Å². The Morgan fingerprint density at radius 1 is 1.50 bits per heavy atom. The van der Waals surface area contributed by atoms with Crippen molar-refractivity contribution in [1.29, 1.82) is 0 Å². The van der Waals surface area contributed by atoms with Crippen LogP contribution in [-0.4, -0.2) is 17.8 Å². The predicted molar refractivity (Wildman–Crippen MR) is 50.4 cm³/mol. The molecule has 0 bridgehead atoms. The minimum Gasteiger partial charge on any atom is -0.493 e. The zero-order valence-electron chi connectivity index (χ0n) is 7.41. The topological polar surface area (TPSA) is 70.6 Å². The van der Waals surface area contributed by atoms with Crippen LogP contribution in [0.5, 0.6) is 5.75 Å². The molecule has 0 saturated carbocycles. The van der Waals surface area contributed by atoms with Crippen LogP contribution in [0, 0.1) is 0 Å². The van der Waals surface area contributed by atoms with Crippen LogP contribution in [0.3, 0.4) is 0 Å². The van der Waals surface area contributed by atoms with Gasteiger partial charge in [0.2, 0.25) is 0 Å². The van der Waals surface area contributed by atoms with Gasteiger partial charge in [-0.05, 0) is 12.1 Å². The number of nitrogens with one attached hydrogen (secondary N) is 2. The van der Waals surface area contributed by atoms with Gasteiger partial charge in [0, 0.05) is 12.0 Å². The summed E-state index contributed by atoms with van der Waals surface area (Å²) in [6, 6.07) is 5.49. The highest BCUT2D eigenvalue weighted by atomic mass is 16.5. The molecular weight excluding hydrogens is 184 g/mol. The average Bonchev–Trinajstić information content (AvgIpc) is 2.62. The number of hydrogen-bond donors (Lipinski definition) is 3. The monoisotopic (exact) mass is 194 g/mol. The summed E-state index contributed by atoms with van der Waals surface area (Å²) in [7, 11) is 0. The van der Waals surface area contributed by atoms with E-state index in [-0.39, 0.29) is 0 Å². The van der Waals surface area contributed by atoms with E-state index in [0.717, 1.165) is 23.4 Å². The summed E-state index contributed by atoms with van der Waals surface area (Å²) in [6.45, 7) is 0.654. The van der Waals surface area contributed by atoms with E-state index in [1.807, 2.05) is 18.2 Å². The fourth-order valence-electron chi connectivity index (χ4n) is 1.46. The lowest BCUT2D eigenvalue weighted by Gasteiger charge is -2.08. The van der Waals surface area contributed by atoms with Gasteiger partial charge < -0.3 is 9.84 Å². The van der Waals surface area contributed by atoms with Gasteiger partial charge in [-0.25, -0.2) is 10.2 Å². The highest BCUT2D eigenvalue weighted by Crippen LogP contribution is 2.30. The number of carboxylic acid groups (broad SMARTS) is 1. The molecule has 5 heteroatoms. The van der Waals surface area contributed by atoms with Crippen molar-refractivity contribution in [2.45, 2.75) is 6.42 Å². The lowest BCUT2D eigenvalue weighted by Crippen LogP contribution is -2.27. The Morgan fingerprint density at radius 3 is 3.14 bits per heavy atom. The van der Waals surface area contributed by atoms with Gasteiger partial charge in [-0.2, -0.15) is 0 Å². The molecule has 2 rings (SSSR count). The van der Waals surface area contributed by atoms with Crippen molar-refractivity contribution >= 4 is 11.8 Å². The molecule has 0 aliphatic carbocycles. The molecule has 0 aromatic heterocycles. The van der Waals surface area contributed by atoms with Gasteiger partial charge in [0.1, 0.15) is 5.75 Å². The van der Waals surface area contributed by atoms with Crippen LogP contribution < -0.4 is 15.6 Å². The fourth-order valence-corrected chi connectivity index (χ4v) is 1.46. The van der Waals surface area contributed by atoms with E-state index in [0.29, 0.717) is 6.61 Å². The second kappa shape index (κ2) is 3.45. The van der Waals surface area contributed by atoms with E-state index in [2.05, 4.69) is 10.9 Å². The number of anilines is 1. The summed E-state index contributed by atoms with van der Waals surface area (Å²) in [6.07, 6.45) is -0.304. The molecule has 14 heavy (non-hydrogen) atoms. The second-order valence-corrected chi connectivity index (χ2v) is 2.94. The van der Waals surface area contributed by atoms with Gasteiger partial charge in [-0.1, -0.05) is 6.07 Å². The molecular formula is C9H10N2O3. The zero-order valence-corrected chi connectivity index (χ0v) is 7.41.